The molecule has 0 unspecified atom stereocenters. The molecule has 1 heteroatoms. The van der Waals surface area contributed by atoms with Crippen LogP contribution in [0, 0.1) is 23.2 Å². The van der Waals surface area contributed by atoms with Gasteiger partial charge in [-0.3, -0.25) is 0 Å². The summed E-state index contributed by atoms with van der Waals surface area (Å²) in [6.07, 6.45) is 16.4. The van der Waals surface area contributed by atoms with Gasteiger partial charge in [-0.2, -0.15) is 0 Å². The predicted octanol–water partition coefficient (Wildman–Crippen LogP) is 4.28. The van der Waals surface area contributed by atoms with Crippen LogP contribution in [0.5, 0.6) is 0 Å². The third-order valence-electron chi connectivity index (χ3n) is 5.51. The van der Waals surface area contributed by atoms with Gasteiger partial charge in [-0.15, -0.1) is 0 Å². The maximum absolute atomic E-state index is 6.05. The molecule has 0 aromatic rings. The first-order valence-corrected chi connectivity index (χ1v) is 7.91. The summed E-state index contributed by atoms with van der Waals surface area (Å²) in [6, 6.07) is 0. The highest BCUT2D eigenvalue weighted by molar-refractivity contribution is 5.10. The summed E-state index contributed by atoms with van der Waals surface area (Å²) in [5.41, 5.74) is 6.65. The highest BCUT2D eigenvalue weighted by Gasteiger charge is 2.49. The molecule has 4 fully saturated rings. The second-order valence-corrected chi connectivity index (χ2v) is 8.21. The molecule has 4 rings (SSSR count). The number of hydrogen-bond acceptors (Lipinski definition) is 1. The second kappa shape index (κ2) is 4.37. The van der Waals surface area contributed by atoms with Crippen molar-refractivity contribution in [1.29, 1.82) is 0 Å². The van der Waals surface area contributed by atoms with Crippen LogP contribution in [0.15, 0.2) is 12.2 Å². The van der Waals surface area contributed by atoms with Gasteiger partial charge in [-0.05, 0) is 88.4 Å². The molecule has 0 saturated heterocycles. The van der Waals surface area contributed by atoms with Crippen molar-refractivity contribution in [3.8, 4) is 0 Å². The molecule has 4 aliphatic carbocycles. The zero-order valence-corrected chi connectivity index (χ0v) is 12.1. The van der Waals surface area contributed by atoms with Crippen LogP contribution in [-0.2, 0) is 0 Å². The van der Waals surface area contributed by atoms with Gasteiger partial charge < -0.3 is 5.73 Å². The SMILES string of the molecule is CC(C)(N)CC/C=C/C12CC3CC(CC(C3)C1)C2. The summed E-state index contributed by atoms with van der Waals surface area (Å²) in [5, 5.41) is 0. The average Bonchev–Trinajstić information content (AvgIpc) is 2.21. The lowest BCUT2D eigenvalue weighted by Crippen LogP contribution is -2.45. The topological polar surface area (TPSA) is 26.0 Å². The number of nitrogens with two attached hydrogens (primary N) is 1. The van der Waals surface area contributed by atoms with Gasteiger partial charge in [-0.25, -0.2) is 0 Å². The van der Waals surface area contributed by atoms with Crippen molar-refractivity contribution in [1.82, 2.24) is 0 Å². The van der Waals surface area contributed by atoms with E-state index in [0.29, 0.717) is 5.41 Å². The van der Waals surface area contributed by atoms with Gasteiger partial charge in [-0.1, -0.05) is 12.2 Å². The van der Waals surface area contributed by atoms with Gasteiger partial charge in [0.25, 0.3) is 0 Å². The maximum atomic E-state index is 6.05. The molecule has 4 bridgehead atoms. The van der Waals surface area contributed by atoms with E-state index in [-0.39, 0.29) is 5.54 Å². The third kappa shape index (κ3) is 2.66. The van der Waals surface area contributed by atoms with Gasteiger partial charge in [0.05, 0.1) is 0 Å². The van der Waals surface area contributed by atoms with Crippen molar-refractivity contribution in [3.05, 3.63) is 12.2 Å². The minimum atomic E-state index is -0.00812. The van der Waals surface area contributed by atoms with Gasteiger partial charge in [0, 0.05) is 5.54 Å². The minimum absolute atomic E-state index is 0.00812. The van der Waals surface area contributed by atoms with Gasteiger partial charge >= 0.3 is 0 Å². The zero-order valence-electron chi connectivity index (χ0n) is 12.1. The van der Waals surface area contributed by atoms with Crippen LogP contribution in [0.1, 0.15) is 65.2 Å². The van der Waals surface area contributed by atoms with E-state index in [0.717, 1.165) is 30.6 Å². The van der Waals surface area contributed by atoms with E-state index in [9.17, 15) is 0 Å². The Morgan fingerprint density at radius 1 is 1.06 bits per heavy atom. The van der Waals surface area contributed by atoms with Gasteiger partial charge in [0.1, 0.15) is 0 Å². The Hall–Kier alpha value is -0.300. The van der Waals surface area contributed by atoms with Crippen LogP contribution in [0.4, 0.5) is 0 Å². The largest absolute Gasteiger partial charge is 0.326 e. The molecule has 0 radical (unpaired) electrons. The first kappa shape index (κ1) is 12.7. The van der Waals surface area contributed by atoms with Crippen LogP contribution in [0.2, 0.25) is 0 Å². The van der Waals surface area contributed by atoms with Crippen molar-refractivity contribution in [2.24, 2.45) is 28.9 Å². The molecule has 0 spiro atoms. The fourth-order valence-corrected chi connectivity index (χ4v) is 5.17. The first-order chi connectivity index (χ1) is 8.44. The van der Waals surface area contributed by atoms with Gasteiger partial charge in [0.15, 0.2) is 0 Å². The molecule has 0 aromatic heterocycles. The molecule has 4 aliphatic rings. The number of allylic oxidation sites excluding steroid dienone is 2. The standard InChI is InChI=1S/C17H29N/c1-16(2,18)5-3-4-6-17-10-13-7-14(11-17)9-15(8-13)12-17/h4,6,13-15H,3,5,7-12,18H2,1-2H3/b6-4+. The van der Waals surface area contributed by atoms with E-state index < -0.39 is 0 Å². The summed E-state index contributed by atoms with van der Waals surface area (Å²) < 4.78 is 0. The molecule has 2 N–H and O–H groups in total. The van der Waals surface area contributed by atoms with E-state index in [1.54, 1.807) is 19.3 Å². The fraction of sp³-hybridized carbons (Fsp3) is 0.882. The van der Waals surface area contributed by atoms with Crippen molar-refractivity contribution in [3.63, 3.8) is 0 Å². The Morgan fingerprint density at radius 3 is 2.00 bits per heavy atom. The van der Waals surface area contributed by atoms with Crippen molar-refractivity contribution in [2.75, 3.05) is 0 Å². The predicted molar refractivity (Wildman–Crippen MR) is 77.2 cm³/mol. The summed E-state index contributed by atoms with van der Waals surface area (Å²) in [4.78, 5) is 0. The lowest BCUT2D eigenvalue weighted by Gasteiger charge is -2.56. The molecule has 0 amide bonds. The summed E-state index contributed by atoms with van der Waals surface area (Å²) in [5.74, 6) is 3.19. The Kier molecular flexibility index (Phi) is 3.09. The van der Waals surface area contributed by atoms with E-state index in [1.807, 2.05) is 0 Å². The summed E-state index contributed by atoms with van der Waals surface area (Å²) in [6.45, 7) is 4.26. The van der Waals surface area contributed by atoms with Gasteiger partial charge in [0.2, 0.25) is 0 Å². The van der Waals surface area contributed by atoms with Crippen molar-refractivity contribution >= 4 is 0 Å². The molecule has 18 heavy (non-hydrogen) atoms. The van der Waals surface area contributed by atoms with Crippen LogP contribution < -0.4 is 5.73 Å². The van der Waals surface area contributed by atoms with Crippen LogP contribution in [0.3, 0.4) is 0 Å². The molecule has 0 aliphatic heterocycles. The molecule has 4 saturated carbocycles. The lowest BCUT2D eigenvalue weighted by atomic mass is 9.49. The van der Waals surface area contributed by atoms with Crippen LogP contribution >= 0.6 is 0 Å². The third-order valence-corrected chi connectivity index (χ3v) is 5.51. The zero-order chi connectivity index (χ0) is 12.8. The average molecular weight is 247 g/mol. The first-order valence-electron chi connectivity index (χ1n) is 7.91. The van der Waals surface area contributed by atoms with E-state index in [1.165, 1.54) is 19.3 Å². The Balaban J connectivity index is 1.60. The maximum Gasteiger partial charge on any atom is 0.01000 e. The highest BCUT2D eigenvalue weighted by Crippen LogP contribution is 2.60. The smallest absolute Gasteiger partial charge is 0.01000 e. The molecule has 0 atom stereocenters. The Labute approximate surface area is 112 Å². The Morgan fingerprint density at radius 2 is 1.56 bits per heavy atom. The number of hydrogen-bond donors (Lipinski definition) is 1. The quantitative estimate of drug-likeness (QED) is 0.737. The Bertz CT molecular complexity index is 299. The van der Waals surface area contributed by atoms with Crippen LogP contribution in [-0.4, -0.2) is 5.54 Å². The molecule has 102 valence electrons. The summed E-state index contributed by atoms with van der Waals surface area (Å²) in [7, 11) is 0. The molecular formula is C17H29N. The molecular weight excluding hydrogens is 218 g/mol. The monoisotopic (exact) mass is 247 g/mol. The molecule has 0 heterocycles. The fourth-order valence-electron chi connectivity index (χ4n) is 5.17. The van der Waals surface area contributed by atoms with Crippen molar-refractivity contribution < 1.29 is 0 Å². The normalized spacial score (nSPS) is 42.9. The number of rotatable bonds is 4. The summed E-state index contributed by atoms with van der Waals surface area (Å²) >= 11 is 0. The van der Waals surface area contributed by atoms with Crippen molar-refractivity contribution in [2.45, 2.75) is 70.8 Å². The second-order valence-electron chi connectivity index (χ2n) is 8.21. The van der Waals surface area contributed by atoms with E-state index in [2.05, 4.69) is 26.0 Å². The lowest BCUT2D eigenvalue weighted by molar-refractivity contribution is -0.0238. The minimum Gasteiger partial charge on any atom is -0.326 e. The molecule has 1 nitrogen and oxygen atoms in total. The highest BCUT2D eigenvalue weighted by atomic mass is 14.7. The molecule has 0 aromatic carbocycles. The van der Waals surface area contributed by atoms with Crippen LogP contribution in [0.25, 0.3) is 0 Å². The van der Waals surface area contributed by atoms with E-state index >= 15 is 0 Å². The van der Waals surface area contributed by atoms with E-state index in [4.69, 9.17) is 5.73 Å².